The van der Waals surface area contributed by atoms with Crippen LogP contribution >= 0.6 is 11.8 Å². The maximum Gasteiger partial charge on any atom is 0.120 e. The summed E-state index contributed by atoms with van der Waals surface area (Å²) in [5, 5.41) is 0. The minimum atomic E-state index is 0.884. The Morgan fingerprint density at radius 2 is 2.00 bits per heavy atom. The summed E-state index contributed by atoms with van der Waals surface area (Å²) in [6, 6.07) is 19.4. The lowest BCUT2D eigenvalue weighted by atomic mass is 10.2. The van der Waals surface area contributed by atoms with Gasteiger partial charge in [0.2, 0.25) is 0 Å². The summed E-state index contributed by atoms with van der Waals surface area (Å²) in [4.78, 5) is 1.11. The Morgan fingerprint density at radius 3 is 2.75 bits per heavy atom. The van der Waals surface area contributed by atoms with Crippen LogP contribution < -0.4 is 4.74 Å². The van der Waals surface area contributed by atoms with Gasteiger partial charge >= 0.3 is 0 Å². The number of rotatable bonds is 4. The summed E-state index contributed by atoms with van der Waals surface area (Å²) >= 11 is 1.77. The standard InChI is InChI=1S/C14H13OS/c1-15-13-8-5-9-14(10-13)16-11-12-6-3-2-4-7-12/h2-8,10H,11H2,1H3. The predicted octanol–water partition coefficient (Wildman–Crippen LogP) is 3.79. The van der Waals surface area contributed by atoms with Crippen LogP contribution in [0, 0.1) is 6.07 Å². The van der Waals surface area contributed by atoms with Gasteiger partial charge in [-0.05, 0) is 29.8 Å². The van der Waals surface area contributed by atoms with Crippen LogP contribution in [0.4, 0.5) is 0 Å². The van der Waals surface area contributed by atoms with Gasteiger partial charge in [-0.3, -0.25) is 0 Å². The quantitative estimate of drug-likeness (QED) is 0.738. The zero-order chi connectivity index (χ0) is 11.2. The molecule has 1 radical (unpaired) electrons. The average molecular weight is 229 g/mol. The summed E-state index contributed by atoms with van der Waals surface area (Å²) in [6.07, 6.45) is 0. The van der Waals surface area contributed by atoms with Crippen LogP contribution in [0.3, 0.4) is 0 Å². The van der Waals surface area contributed by atoms with Crippen molar-refractivity contribution < 1.29 is 4.74 Å². The second-order valence-electron chi connectivity index (χ2n) is 3.37. The first-order valence-corrected chi connectivity index (χ1v) is 6.09. The molecule has 2 aromatic rings. The van der Waals surface area contributed by atoms with Gasteiger partial charge < -0.3 is 4.74 Å². The Balaban J connectivity index is 1.99. The van der Waals surface area contributed by atoms with Crippen molar-refractivity contribution in [2.45, 2.75) is 10.6 Å². The van der Waals surface area contributed by atoms with Crippen LogP contribution in [0.15, 0.2) is 53.4 Å². The van der Waals surface area contributed by atoms with E-state index >= 15 is 0 Å². The number of benzene rings is 2. The molecule has 0 aliphatic rings. The van der Waals surface area contributed by atoms with Crippen molar-refractivity contribution in [1.29, 1.82) is 0 Å². The van der Waals surface area contributed by atoms with Crippen molar-refractivity contribution >= 4 is 11.8 Å². The zero-order valence-corrected chi connectivity index (χ0v) is 9.96. The minimum Gasteiger partial charge on any atom is -0.497 e. The maximum atomic E-state index is 5.17. The number of ether oxygens (including phenoxy) is 1. The summed E-state index contributed by atoms with van der Waals surface area (Å²) in [5.41, 5.74) is 1.32. The van der Waals surface area contributed by atoms with Gasteiger partial charge in [0.1, 0.15) is 5.75 Å². The van der Waals surface area contributed by atoms with E-state index in [1.165, 1.54) is 5.56 Å². The smallest absolute Gasteiger partial charge is 0.120 e. The fraction of sp³-hybridized carbons (Fsp3) is 0.143. The van der Waals surface area contributed by atoms with Gasteiger partial charge in [-0.2, -0.15) is 0 Å². The Hall–Kier alpha value is -1.41. The molecule has 0 bridgehead atoms. The van der Waals surface area contributed by atoms with E-state index in [1.807, 2.05) is 24.3 Å². The van der Waals surface area contributed by atoms with E-state index in [-0.39, 0.29) is 0 Å². The van der Waals surface area contributed by atoms with E-state index in [4.69, 9.17) is 4.74 Å². The summed E-state index contributed by atoms with van der Waals surface area (Å²) in [5.74, 6) is 1.85. The fourth-order valence-corrected chi connectivity index (χ4v) is 2.24. The molecule has 0 spiro atoms. The molecule has 81 valence electrons. The fourth-order valence-electron chi connectivity index (χ4n) is 1.37. The number of methoxy groups -OCH3 is 1. The average Bonchev–Trinajstić information content (AvgIpc) is 2.38. The third-order valence-corrected chi connectivity index (χ3v) is 3.24. The highest BCUT2D eigenvalue weighted by molar-refractivity contribution is 7.98. The Bertz CT molecular complexity index is 439. The SMILES string of the molecule is COc1cc[c]c(SCc2ccccc2)c1. The van der Waals surface area contributed by atoms with Gasteiger partial charge in [-0.15, -0.1) is 11.8 Å². The zero-order valence-electron chi connectivity index (χ0n) is 9.14. The van der Waals surface area contributed by atoms with E-state index in [2.05, 4.69) is 30.3 Å². The van der Waals surface area contributed by atoms with Crippen LogP contribution in [0.1, 0.15) is 5.56 Å². The monoisotopic (exact) mass is 229 g/mol. The van der Waals surface area contributed by atoms with Crippen molar-refractivity contribution in [1.82, 2.24) is 0 Å². The lowest BCUT2D eigenvalue weighted by Gasteiger charge is -2.03. The third kappa shape index (κ3) is 3.04. The highest BCUT2D eigenvalue weighted by Crippen LogP contribution is 2.25. The Labute approximate surface area is 100 Å². The molecule has 0 saturated carbocycles. The molecule has 0 aliphatic carbocycles. The minimum absolute atomic E-state index is 0.884. The molecule has 2 heteroatoms. The normalized spacial score (nSPS) is 10.1. The predicted molar refractivity (Wildman–Crippen MR) is 67.8 cm³/mol. The first-order chi connectivity index (χ1) is 7.88. The van der Waals surface area contributed by atoms with Crippen molar-refractivity contribution in [2.24, 2.45) is 0 Å². The summed E-state index contributed by atoms with van der Waals surface area (Å²) < 4.78 is 5.17. The topological polar surface area (TPSA) is 9.23 Å². The molecular weight excluding hydrogens is 216 g/mol. The maximum absolute atomic E-state index is 5.17. The Kier molecular flexibility index (Phi) is 3.89. The first kappa shape index (κ1) is 11.1. The van der Waals surface area contributed by atoms with Crippen LogP contribution in [0.5, 0.6) is 5.75 Å². The number of thioether (sulfide) groups is 1. The largest absolute Gasteiger partial charge is 0.497 e. The van der Waals surface area contributed by atoms with Crippen molar-refractivity contribution in [3.63, 3.8) is 0 Å². The second kappa shape index (κ2) is 5.61. The lowest BCUT2D eigenvalue weighted by Crippen LogP contribution is -1.83. The Morgan fingerprint density at radius 1 is 1.19 bits per heavy atom. The van der Waals surface area contributed by atoms with E-state index in [0.29, 0.717) is 0 Å². The molecular formula is C14H13OS. The number of hydrogen-bond donors (Lipinski definition) is 0. The second-order valence-corrected chi connectivity index (χ2v) is 4.38. The van der Waals surface area contributed by atoms with Gasteiger partial charge in [0.05, 0.1) is 7.11 Å². The van der Waals surface area contributed by atoms with E-state index in [9.17, 15) is 0 Å². The van der Waals surface area contributed by atoms with E-state index in [1.54, 1.807) is 18.9 Å². The molecule has 2 rings (SSSR count). The molecule has 16 heavy (non-hydrogen) atoms. The molecule has 0 atom stereocenters. The molecule has 0 amide bonds. The molecule has 2 aromatic carbocycles. The molecule has 0 heterocycles. The van der Waals surface area contributed by atoms with Crippen molar-refractivity contribution in [2.75, 3.05) is 7.11 Å². The summed E-state index contributed by atoms with van der Waals surface area (Å²) in [6.45, 7) is 0. The van der Waals surface area contributed by atoms with Gasteiger partial charge in [0.15, 0.2) is 0 Å². The van der Waals surface area contributed by atoms with Crippen LogP contribution in [-0.4, -0.2) is 7.11 Å². The van der Waals surface area contributed by atoms with Gasteiger partial charge in [0.25, 0.3) is 0 Å². The molecule has 0 fully saturated rings. The molecule has 0 saturated heterocycles. The molecule has 0 N–H and O–H groups in total. The van der Waals surface area contributed by atoms with E-state index in [0.717, 1.165) is 16.4 Å². The van der Waals surface area contributed by atoms with Crippen molar-refractivity contribution in [3.8, 4) is 5.75 Å². The molecule has 0 aliphatic heterocycles. The van der Waals surface area contributed by atoms with Gasteiger partial charge in [0, 0.05) is 10.6 Å². The van der Waals surface area contributed by atoms with Crippen LogP contribution in [0.25, 0.3) is 0 Å². The molecule has 0 unspecified atom stereocenters. The van der Waals surface area contributed by atoms with E-state index < -0.39 is 0 Å². The molecule has 1 nitrogen and oxygen atoms in total. The summed E-state index contributed by atoms with van der Waals surface area (Å²) in [7, 11) is 1.68. The first-order valence-electron chi connectivity index (χ1n) is 5.11. The lowest BCUT2D eigenvalue weighted by molar-refractivity contribution is 0.413. The highest BCUT2D eigenvalue weighted by atomic mass is 32.2. The molecule has 0 aromatic heterocycles. The third-order valence-electron chi connectivity index (χ3n) is 2.22. The highest BCUT2D eigenvalue weighted by Gasteiger charge is 1.98. The van der Waals surface area contributed by atoms with Gasteiger partial charge in [-0.1, -0.05) is 30.3 Å². The van der Waals surface area contributed by atoms with Crippen LogP contribution in [-0.2, 0) is 5.75 Å². The number of hydrogen-bond acceptors (Lipinski definition) is 2. The van der Waals surface area contributed by atoms with Crippen molar-refractivity contribution in [3.05, 3.63) is 60.2 Å². The van der Waals surface area contributed by atoms with Crippen LogP contribution in [0.2, 0.25) is 0 Å². The van der Waals surface area contributed by atoms with Gasteiger partial charge in [-0.25, -0.2) is 0 Å².